The molecule has 1 N–H and O–H groups in total. The summed E-state index contributed by atoms with van der Waals surface area (Å²) in [5, 5.41) is 2.90. The number of carbonyl (C=O) groups is 1. The number of ether oxygens (including phenoxy) is 1. The fourth-order valence-electron chi connectivity index (χ4n) is 4.32. The van der Waals surface area contributed by atoms with Gasteiger partial charge in [0.25, 0.3) is 11.1 Å². The Kier molecular flexibility index (Phi) is 4.84. The van der Waals surface area contributed by atoms with Crippen LogP contribution in [0.4, 0.5) is 0 Å². The lowest BCUT2D eigenvalue weighted by Crippen LogP contribution is -2.21. The van der Waals surface area contributed by atoms with Crippen LogP contribution < -0.4 is 11.1 Å². The van der Waals surface area contributed by atoms with Gasteiger partial charge in [0.05, 0.1) is 21.9 Å². The third kappa shape index (κ3) is 3.41. The van der Waals surface area contributed by atoms with Gasteiger partial charge in [-0.25, -0.2) is 14.8 Å². The van der Waals surface area contributed by atoms with Gasteiger partial charge in [0, 0.05) is 23.9 Å². The largest absolute Gasteiger partial charge is 0.454 e. The molecule has 0 spiro atoms. The summed E-state index contributed by atoms with van der Waals surface area (Å²) in [6.45, 7) is 0.494. The molecule has 0 radical (unpaired) electrons. The Morgan fingerprint density at radius 3 is 2.82 bits per heavy atom. The Labute approximate surface area is 196 Å². The quantitative estimate of drug-likeness (QED) is 0.402. The smallest absolute Gasteiger partial charge is 0.338 e. The van der Waals surface area contributed by atoms with Crippen molar-refractivity contribution in [1.29, 1.82) is 0 Å². The molecule has 0 saturated carbocycles. The SMILES string of the molecule is O=C(OCc1nc2scc(-c3ccccc3)c2c(=O)[nH]1)c1ccc2c(=O)n3c(nc2c1)CCC3. The molecule has 6 rings (SSSR count). The summed E-state index contributed by atoms with van der Waals surface area (Å²) in [5.74, 6) is 0.425. The monoisotopic (exact) mass is 470 g/mol. The van der Waals surface area contributed by atoms with Gasteiger partial charge in [0.2, 0.25) is 0 Å². The highest BCUT2D eigenvalue weighted by Gasteiger charge is 2.18. The van der Waals surface area contributed by atoms with Crippen molar-refractivity contribution in [2.75, 3.05) is 0 Å². The number of hydrogen-bond donors (Lipinski definition) is 1. The van der Waals surface area contributed by atoms with Crippen LogP contribution in [-0.2, 0) is 24.3 Å². The number of esters is 1. The minimum absolute atomic E-state index is 0.0849. The van der Waals surface area contributed by atoms with Crippen LogP contribution in [0.2, 0.25) is 0 Å². The van der Waals surface area contributed by atoms with Crippen LogP contribution in [0.5, 0.6) is 0 Å². The maximum Gasteiger partial charge on any atom is 0.338 e. The Hall–Kier alpha value is -4.11. The Bertz CT molecular complexity index is 1700. The molecule has 0 atom stereocenters. The van der Waals surface area contributed by atoms with Gasteiger partial charge in [0.1, 0.15) is 23.1 Å². The Balaban J connectivity index is 1.25. The van der Waals surface area contributed by atoms with E-state index in [-0.39, 0.29) is 29.1 Å². The predicted octanol–water partition coefficient (Wildman–Crippen LogP) is 3.66. The summed E-state index contributed by atoms with van der Waals surface area (Å²) in [4.78, 5) is 50.4. The number of aromatic amines is 1. The third-order valence-corrected chi connectivity index (χ3v) is 6.84. The van der Waals surface area contributed by atoms with Crippen molar-refractivity contribution in [3.63, 3.8) is 0 Å². The summed E-state index contributed by atoms with van der Waals surface area (Å²) in [6.07, 6.45) is 1.64. The predicted molar refractivity (Wildman–Crippen MR) is 129 cm³/mol. The van der Waals surface area contributed by atoms with Gasteiger partial charge < -0.3 is 9.72 Å². The van der Waals surface area contributed by atoms with E-state index in [0.29, 0.717) is 27.7 Å². The van der Waals surface area contributed by atoms with E-state index >= 15 is 0 Å². The molecular weight excluding hydrogens is 452 g/mol. The van der Waals surface area contributed by atoms with Gasteiger partial charge in [-0.3, -0.25) is 14.2 Å². The average Bonchev–Trinajstić information content (AvgIpc) is 3.50. The number of carbonyl (C=O) groups excluding carboxylic acids is 1. The van der Waals surface area contributed by atoms with Crippen LogP contribution in [0, 0.1) is 0 Å². The van der Waals surface area contributed by atoms with Crippen LogP contribution in [0.1, 0.15) is 28.4 Å². The molecule has 0 fully saturated rings. The van der Waals surface area contributed by atoms with Crippen LogP contribution in [-0.4, -0.2) is 25.5 Å². The van der Waals surface area contributed by atoms with Gasteiger partial charge in [-0.05, 0) is 30.2 Å². The number of nitrogens with one attached hydrogen (secondary N) is 1. The second kappa shape index (κ2) is 8.03. The van der Waals surface area contributed by atoms with Crippen molar-refractivity contribution >= 4 is 38.4 Å². The van der Waals surface area contributed by atoms with E-state index in [1.54, 1.807) is 22.8 Å². The molecule has 0 unspecified atom stereocenters. The van der Waals surface area contributed by atoms with Gasteiger partial charge in [-0.2, -0.15) is 0 Å². The lowest BCUT2D eigenvalue weighted by molar-refractivity contribution is 0.0462. The second-order valence-electron chi connectivity index (χ2n) is 8.10. The third-order valence-electron chi connectivity index (χ3n) is 5.97. The van der Waals surface area contributed by atoms with Crippen LogP contribution in [0.15, 0.2) is 63.5 Å². The number of aromatic nitrogens is 4. The number of H-pyrrole nitrogens is 1. The summed E-state index contributed by atoms with van der Waals surface area (Å²) < 4.78 is 7.09. The molecule has 1 aliphatic heterocycles. The molecule has 34 heavy (non-hydrogen) atoms. The zero-order valence-corrected chi connectivity index (χ0v) is 18.7. The molecule has 0 amide bonds. The summed E-state index contributed by atoms with van der Waals surface area (Å²) >= 11 is 1.37. The molecular formula is C25H18N4O4S. The van der Waals surface area contributed by atoms with E-state index in [1.807, 2.05) is 35.7 Å². The molecule has 2 aromatic carbocycles. The zero-order chi connectivity index (χ0) is 23.2. The van der Waals surface area contributed by atoms with Crippen LogP contribution in [0.25, 0.3) is 32.2 Å². The highest BCUT2D eigenvalue weighted by atomic mass is 32.1. The summed E-state index contributed by atoms with van der Waals surface area (Å²) in [5.41, 5.74) is 2.17. The van der Waals surface area contributed by atoms with Gasteiger partial charge >= 0.3 is 5.97 Å². The summed E-state index contributed by atoms with van der Waals surface area (Å²) in [6, 6.07) is 14.4. The van der Waals surface area contributed by atoms with Gasteiger partial charge in [0.15, 0.2) is 0 Å². The molecule has 5 aromatic rings. The van der Waals surface area contributed by atoms with E-state index in [0.717, 1.165) is 29.8 Å². The second-order valence-corrected chi connectivity index (χ2v) is 8.96. The molecule has 0 bridgehead atoms. The number of thiophene rings is 1. The topological polar surface area (TPSA) is 107 Å². The Morgan fingerprint density at radius 1 is 1.12 bits per heavy atom. The van der Waals surface area contributed by atoms with E-state index in [9.17, 15) is 14.4 Å². The van der Waals surface area contributed by atoms with Crippen LogP contribution >= 0.6 is 11.3 Å². The van der Waals surface area contributed by atoms with E-state index in [2.05, 4.69) is 15.0 Å². The molecule has 0 aliphatic carbocycles. The van der Waals surface area contributed by atoms with Crippen molar-refractivity contribution in [3.8, 4) is 11.1 Å². The lowest BCUT2D eigenvalue weighted by Gasteiger charge is -2.08. The maximum atomic E-state index is 12.8. The maximum absolute atomic E-state index is 12.8. The first kappa shape index (κ1) is 20.5. The number of aryl methyl sites for hydroxylation is 1. The number of benzene rings is 2. The van der Waals surface area contributed by atoms with Gasteiger partial charge in [-0.15, -0.1) is 11.3 Å². The first-order chi connectivity index (χ1) is 16.6. The van der Waals surface area contributed by atoms with E-state index < -0.39 is 5.97 Å². The normalized spacial score (nSPS) is 12.8. The first-order valence-electron chi connectivity index (χ1n) is 10.8. The standard InChI is InChI=1S/C25H18N4O4S/c30-22-21-17(14-5-2-1-3-6-14)13-34-23(21)28-19(27-22)12-33-25(32)15-8-9-16-18(11-15)26-20-7-4-10-29(20)24(16)31/h1-3,5-6,8-9,11,13H,4,7,10,12H2,(H,27,28,30). The Morgan fingerprint density at radius 2 is 1.97 bits per heavy atom. The number of rotatable bonds is 4. The van der Waals surface area contributed by atoms with Crippen molar-refractivity contribution < 1.29 is 9.53 Å². The highest BCUT2D eigenvalue weighted by molar-refractivity contribution is 7.17. The lowest BCUT2D eigenvalue weighted by atomic mass is 10.1. The average molecular weight is 471 g/mol. The molecule has 9 heteroatoms. The fraction of sp³-hybridized carbons (Fsp3) is 0.160. The number of hydrogen-bond acceptors (Lipinski definition) is 7. The number of fused-ring (bicyclic) bond motifs is 3. The van der Waals surface area contributed by atoms with E-state index in [4.69, 9.17) is 4.74 Å². The van der Waals surface area contributed by atoms with Gasteiger partial charge in [-0.1, -0.05) is 30.3 Å². The zero-order valence-electron chi connectivity index (χ0n) is 17.9. The number of nitrogens with zero attached hydrogens (tertiary/aromatic N) is 3. The minimum Gasteiger partial charge on any atom is -0.454 e. The fourth-order valence-corrected chi connectivity index (χ4v) is 5.29. The molecule has 168 valence electrons. The highest BCUT2D eigenvalue weighted by Crippen LogP contribution is 2.30. The molecule has 0 saturated heterocycles. The first-order valence-corrected chi connectivity index (χ1v) is 11.7. The molecule has 4 heterocycles. The van der Waals surface area contributed by atoms with Crippen molar-refractivity contribution in [2.45, 2.75) is 26.0 Å². The van der Waals surface area contributed by atoms with Crippen molar-refractivity contribution in [3.05, 3.63) is 91.8 Å². The van der Waals surface area contributed by atoms with Crippen molar-refractivity contribution in [1.82, 2.24) is 19.5 Å². The van der Waals surface area contributed by atoms with Crippen LogP contribution in [0.3, 0.4) is 0 Å². The molecule has 1 aliphatic rings. The van der Waals surface area contributed by atoms with E-state index in [1.165, 1.54) is 11.3 Å². The molecule has 3 aromatic heterocycles. The summed E-state index contributed by atoms with van der Waals surface area (Å²) in [7, 11) is 0. The minimum atomic E-state index is -0.580. The molecule has 8 nitrogen and oxygen atoms in total. The van der Waals surface area contributed by atoms with Crippen molar-refractivity contribution in [2.24, 2.45) is 0 Å².